The normalized spacial score (nSPS) is 12.5. The topological polar surface area (TPSA) is 108 Å². The fourth-order valence-corrected chi connectivity index (χ4v) is 5.31. The van der Waals surface area contributed by atoms with Crippen LogP contribution >= 0.6 is 0 Å². The Hall–Kier alpha value is -4.41. The third kappa shape index (κ3) is 9.06. The number of hydrogen-bond donors (Lipinski definition) is 3. The molecule has 0 fully saturated rings. The predicted octanol–water partition coefficient (Wildman–Crippen LogP) is 5.55. The van der Waals surface area contributed by atoms with Crippen LogP contribution in [0.3, 0.4) is 0 Å². The molecule has 45 heavy (non-hydrogen) atoms. The van der Waals surface area contributed by atoms with Crippen LogP contribution in [-0.2, 0) is 19.4 Å². The summed E-state index contributed by atoms with van der Waals surface area (Å²) in [5.74, 6) is -2.10. The second-order valence-corrected chi connectivity index (χ2v) is 11.0. The quantitative estimate of drug-likeness (QED) is 0.161. The molecule has 238 valence electrons. The number of hydrogen-bond acceptors (Lipinski definition) is 6. The molecule has 0 unspecified atom stereocenters. The zero-order chi connectivity index (χ0) is 32.3. The van der Waals surface area contributed by atoms with Crippen LogP contribution in [0.15, 0.2) is 77.5 Å². The van der Waals surface area contributed by atoms with Gasteiger partial charge in [0.15, 0.2) is 0 Å². The summed E-state index contributed by atoms with van der Waals surface area (Å²) in [7, 11) is 1.49. The maximum absolute atomic E-state index is 14.3. The van der Waals surface area contributed by atoms with Crippen molar-refractivity contribution in [2.75, 3.05) is 20.1 Å². The number of amides is 2. The number of aryl methyl sites for hydroxylation is 1. The molecule has 0 aliphatic rings. The van der Waals surface area contributed by atoms with E-state index in [-0.39, 0.29) is 36.5 Å². The Morgan fingerprint density at radius 1 is 0.978 bits per heavy atom. The molecule has 0 saturated carbocycles. The summed E-state index contributed by atoms with van der Waals surface area (Å²) >= 11 is 0. The van der Waals surface area contributed by atoms with Crippen LogP contribution < -0.4 is 10.6 Å². The third-order valence-corrected chi connectivity index (χ3v) is 7.66. The Morgan fingerprint density at radius 3 is 2.38 bits per heavy atom. The Morgan fingerprint density at radius 2 is 1.71 bits per heavy atom. The molecular weight excluding hydrogens is 578 g/mol. The molecule has 8 nitrogen and oxygen atoms in total. The zero-order valence-corrected chi connectivity index (χ0v) is 25.9. The highest BCUT2D eigenvalue weighted by Gasteiger charge is 2.31. The van der Waals surface area contributed by atoms with Crippen LogP contribution in [0.1, 0.15) is 64.1 Å². The minimum atomic E-state index is -1.10. The first-order valence-corrected chi connectivity index (χ1v) is 15.2. The maximum atomic E-state index is 14.3. The van der Waals surface area contributed by atoms with Gasteiger partial charge in [-0.15, -0.1) is 0 Å². The second kappa shape index (κ2) is 16.1. The number of rotatable bonds is 15. The molecular formula is C35H40F2N4O4. The first-order valence-electron chi connectivity index (χ1n) is 15.2. The van der Waals surface area contributed by atoms with E-state index in [9.17, 15) is 23.5 Å². The Kier molecular flexibility index (Phi) is 11.9. The van der Waals surface area contributed by atoms with Gasteiger partial charge < -0.3 is 25.1 Å². The largest absolute Gasteiger partial charge is 0.445 e. The summed E-state index contributed by atoms with van der Waals surface area (Å²) < 4.78 is 33.9. The molecule has 3 aromatic carbocycles. The second-order valence-electron chi connectivity index (χ2n) is 11.0. The summed E-state index contributed by atoms with van der Waals surface area (Å²) in [6.45, 7) is 4.94. The van der Waals surface area contributed by atoms with Gasteiger partial charge in [0.05, 0.1) is 18.3 Å². The molecule has 0 aliphatic carbocycles. The highest BCUT2D eigenvalue weighted by atomic mass is 19.1. The van der Waals surface area contributed by atoms with E-state index in [1.54, 1.807) is 17.0 Å². The first-order chi connectivity index (χ1) is 21.7. The van der Waals surface area contributed by atoms with E-state index < -0.39 is 35.6 Å². The van der Waals surface area contributed by atoms with Gasteiger partial charge in [-0.2, -0.15) is 0 Å². The number of aliphatic hydroxyl groups excluding tert-OH is 1. The van der Waals surface area contributed by atoms with Crippen molar-refractivity contribution in [1.82, 2.24) is 20.5 Å². The molecule has 0 spiro atoms. The number of carbonyl (C=O) groups excluding carboxylic acids is 2. The van der Waals surface area contributed by atoms with E-state index in [1.807, 2.05) is 19.1 Å². The lowest BCUT2D eigenvalue weighted by Crippen LogP contribution is -2.51. The first kappa shape index (κ1) is 33.5. The smallest absolute Gasteiger partial charge is 0.254 e. The number of oxazole rings is 1. The van der Waals surface area contributed by atoms with Crippen LogP contribution in [0.25, 0.3) is 11.5 Å². The molecule has 0 radical (unpaired) electrons. The molecule has 4 aromatic rings. The van der Waals surface area contributed by atoms with Crippen LogP contribution in [-0.4, -0.2) is 59.1 Å². The lowest BCUT2D eigenvalue weighted by molar-refractivity contribution is 0.0349. The molecule has 0 aliphatic heterocycles. The molecule has 1 heterocycles. The fraction of sp³-hybridized carbons (Fsp3) is 0.343. The van der Waals surface area contributed by atoms with E-state index in [0.29, 0.717) is 24.1 Å². The van der Waals surface area contributed by atoms with Gasteiger partial charge in [-0.05, 0) is 66.3 Å². The fourth-order valence-electron chi connectivity index (χ4n) is 5.31. The van der Waals surface area contributed by atoms with E-state index in [2.05, 4.69) is 34.7 Å². The van der Waals surface area contributed by atoms with Crippen molar-refractivity contribution >= 4 is 11.8 Å². The molecule has 2 atom stereocenters. The van der Waals surface area contributed by atoms with Crippen molar-refractivity contribution in [2.24, 2.45) is 0 Å². The molecule has 3 N–H and O–H groups in total. The van der Waals surface area contributed by atoms with Crippen LogP contribution in [0.2, 0.25) is 0 Å². The van der Waals surface area contributed by atoms with Gasteiger partial charge >= 0.3 is 0 Å². The number of halogens is 2. The molecule has 0 bridgehead atoms. The van der Waals surface area contributed by atoms with E-state index >= 15 is 0 Å². The highest BCUT2D eigenvalue weighted by molar-refractivity contribution is 6.01. The van der Waals surface area contributed by atoms with Gasteiger partial charge in [-0.25, -0.2) is 13.8 Å². The summed E-state index contributed by atoms with van der Waals surface area (Å²) in [6.07, 6.45) is 4.04. The van der Waals surface area contributed by atoms with E-state index in [0.717, 1.165) is 24.5 Å². The van der Waals surface area contributed by atoms with Gasteiger partial charge in [0.25, 0.3) is 11.8 Å². The lowest BCUT2D eigenvalue weighted by atomic mass is 9.96. The molecule has 4 rings (SSSR count). The summed E-state index contributed by atoms with van der Waals surface area (Å²) in [5, 5.41) is 17.5. The van der Waals surface area contributed by atoms with Gasteiger partial charge in [0.1, 0.15) is 17.9 Å². The van der Waals surface area contributed by atoms with Crippen molar-refractivity contribution in [3.8, 4) is 11.5 Å². The summed E-state index contributed by atoms with van der Waals surface area (Å²) in [4.78, 5) is 32.7. The van der Waals surface area contributed by atoms with Gasteiger partial charge in [0.2, 0.25) is 5.89 Å². The number of aliphatic hydroxyl groups is 1. The Bertz CT molecular complexity index is 1560. The number of carbonyl (C=O) groups is 2. The maximum Gasteiger partial charge on any atom is 0.254 e. The van der Waals surface area contributed by atoms with Crippen molar-refractivity contribution in [3.63, 3.8) is 0 Å². The minimum Gasteiger partial charge on any atom is -0.445 e. The zero-order valence-electron chi connectivity index (χ0n) is 25.9. The minimum absolute atomic E-state index is 0.0000339. The number of aromatic nitrogens is 1. The van der Waals surface area contributed by atoms with Gasteiger partial charge in [-0.3, -0.25) is 9.59 Å². The molecule has 2 amide bonds. The standard InChI is InChI=1S/C35H40F2N4O4/c1-4-6-11-41(35(44)28-18-26(33(43)38-3)17-27(19-28)34-40-10-12-45-34)31(16-25-14-29(36)20-30(37)15-25)32(42)22-39-21-24-9-7-8-23(5-2)13-24/h7-10,12-15,17-20,31-32,39,42H,4-6,11,16,21-22H2,1-3H3,(H,38,43)/t31-,32+/m0/s1. The molecule has 0 saturated heterocycles. The molecule has 1 aromatic heterocycles. The van der Waals surface area contributed by atoms with Crippen molar-refractivity contribution < 1.29 is 27.9 Å². The third-order valence-electron chi connectivity index (χ3n) is 7.66. The summed E-state index contributed by atoms with van der Waals surface area (Å²) in [5.41, 5.74) is 3.40. The molecule has 10 heteroatoms. The van der Waals surface area contributed by atoms with E-state index in [1.165, 1.54) is 43.3 Å². The van der Waals surface area contributed by atoms with Gasteiger partial charge in [-0.1, -0.05) is 44.5 Å². The van der Waals surface area contributed by atoms with Crippen LogP contribution in [0, 0.1) is 11.6 Å². The van der Waals surface area contributed by atoms with Crippen LogP contribution in [0.5, 0.6) is 0 Å². The number of benzene rings is 3. The number of unbranched alkanes of at least 4 members (excludes halogenated alkanes) is 1. The van der Waals surface area contributed by atoms with Crippen molar-refractivity contribution in [3.05, 3.63) is 113 Å². The Balaban J connectivity index is 1.70. The average Bonchev–Trinajstić information content (AvgIpc) is 3.58. The van der Waals surface area contributed by atoms with Crippen molar-refractivity contribution in [1.29, 1.82) is 0 Å². The number of nitrogens with zero attached hydrogens (tertiary/aromatic N) is 2. The monoisotopic (exact) mass is 618 g/mol. The average molecular weight is 619 g/mol. The highest BCUT2D eigenvalue weighted by Crippen LogP contribution is 2.25. The van der Waals surface area contributed by atoms with E-state index in [4.69, 9.17) is 4.42 Å². The lowest BCUT2D eigenvalue weighted by Gasteiger charge is -2.36. The van der Waals surface area contributed by atoms with Gasteiger partial charge in [0, 0.05) is 49.4 Å². The predicted molar refractivity (Wildman–Crippen MR) is 169 cm³/mol. The Labute approximate surface area is 262 Å². The van der Waals surface area contributed by atoms with Crippen LogP contribution in [0.4, 0.5) is 8.78 Å². The summed E-state index contributed by atoms with van der Waals surface area (Å²) in [6, 6.07) is 15.1. The SMILES string of the molecule is CCCCN(C(=O)c1cc(C(=O)NC)cc(-c2ncco2)c1)[C@@H](Cc1cc(F)cc(F)c1)[C@H](O)CNCc1cccc(CC)c1. The van der Waals surface area contributed by atoms with Crippen molar-refractivity contribution in [2.45, 2.75) is 58.2 Å². The number of nitrogens with one attached hydrogen (secondary N) is 2.